The Bertz CT molecular complexity index is 563. The molecule has 0 bridgehead atoms. The van der Waals surface area contributed by atoms with Gasteiger partial charge in [-0.1, -0.05) is 5.16 Å². The van der Waals surface area contributed by atoms with Gasteiger partial charge in [0.15, 0.2) is 5.82 Å². The van der Waals surface area contributed by atoms with Crippen molar-refractivity contribution >= 4 is 21.6 Å². The molecule has 0 atom stereocenters. The molecule has 3 rings (SSSR count). The van der Waals surface area contributed by atoms with Crippen molar-refractivity contribution in [3.8, 4) is 0 Å². The molecule has 0 spiro atoms. The van der Waals surface area contributed by atoms with E-state index in [2.05, 4.69) is 42.0 Å². The first-order chi connectivity index (χ1) is 9.22. The molecule has 0 radical (unpaired) electrons. The topological polar surface area (TPSA) is 55.1 Å². The van der Waals surface area contributed by atoms with E-state index in [1.165, 1.54) is 0 Å². The summed E-state index contributed by atoms with van der Waals surface area (Å²) < 4.78 is 6.28. The first kappa shape index (κ1) is 12.6. The minimum absolute atomic E-state index is 0.387. The number of nitrogens with zero attached hydrogens (tertiary/aromatic N) is 4. The number of hydrogen-bond donors (Lipinski definition) is 0. The van der Waals surface area contributed by atoms with Crippen molar-refractivity contribution in [1.82, 2.24) is 15.1 Å². The molecule has 0 aromatic carbocycles. The highest BCUT2D eigenvalue weighted by Gasteiger charge is 2.25. The lowest BCUT2D eigenvalue weighted by molar-refractivity contribution is 0.327. The predicted octanol–water partition coefficient (Wildman–Crippen LogP) is 2.92. The molecule has 3 heterocycles. The summed E-state index contributed by atoms with van der Waals surface area (Å²) in [5.74, 6) is 1.88. The summed E-state index contributed by atoms with van der Waals surface area (Å²) in [4.78, 5) is 10.9. The molecule has 19 heavy (non-hydrogen) atoms. The van der Waals surface area contributed by atoms with Gasteiger partial charge in [-0.15, -0.1) is 0 Å². The zero-order valence-electron chi connectivity index (χ0n) is 10.7. The Hall–Kier alpha value is -1.43. The van der Waals surface area contributed by atoms with Crippen LogP contribution < -0.4 is 4.90 Å². The Morgan fingerprint density at radius 1 is 1.32 bits per heavy atom. The fourth-order valence-electron chi connectivity index (χ4n) is 2.44. The molecule has 1 aliphatic rings. The molecule has 100 valence electrons. The number of rotatable bonds is 2. The van der Waals surface area contributed by atoms with Crippen molar-refractivity contribution in [2.45, 2.75) is 25.7 Å². The van der Waals surface area contributed by atoms with Crippen LogP contribution in [0.1, 0.15) is 30.5 Å². The molecule has 5 nitrogen and oxygen atoms in total. The summed E-state index contributed by atoms with van der Waals surface area (Å²) in [6.45, 7) is 3.84. The van der Waals surface area contributed by atoms with Crippen molar-refractivity contribution < 1.29 is 4.52 Å². The predicted molar refractivity (Wildman–Crippen MR) is 75.2 cm³/mol. The van der Waals surface area contributed by atoms with Crippen LogP contribution in [0.3, 0.4) is 0 Å². The molecule has 0 amide bonds. The molecule has 0 aliphatic carbocycles. The summed E-state index contributed by atoms with van der Waals surface area (Å²) in [7, 11) is 0. The summed E-state index contributed by atoms with van der Waals surface area (Å²) in [6, 6.07) is 2.10. The normalized spacial score (nSPS) is 16.8. The number of halogens is 1. The van der Waals surface area contributed by atoms with E-state index in [4.69, 9.17) is 4.52 Å². The molecule has 6 heteroatoms. The maximum absolute atomic E-state index is 5.26. The molecule has 2 aromatic rings. The molecule has 1 aliphatic heterocycles. The van der Waals surface area contributed by atoms with Crippen LogP contribution in [-0.2, 0) is 0 Å². The van der Waals surface area contributed by atoms with Crippen molar-refractivity contribution in [3.05, 3.63) is 34.6 Å². The van der Waals surface area contributed by atoms with Crippen LogP contribution in [0.15, 0.2) is 27.5 Å². The van der Waals surface area contributed by atoms with Crippen molar-refractivity contribution in [1.29, 1.82) is 0 Å². The largest absolute Gasteiger partial charge is 0.370 e. The third-order valence-corrected chi connectivity index (χ3v) is 3.88. The number of hydrogen-bond acceptors (Lipinski definition) is 5. The average Bonchev–Trinajstić information content (AvgIpc) is 2.86. The summed E-state index contributed by atoms with van der Waals surface area (Å²) in [5, 5.41) is 3.86. The van der Waals surface area contributed by atoms with Gasteiger partial charge in [-0.25, -0.2) is 0 Å². The monoisotopic (exact) mass is 322 g/mol. The smallest absolute Gasteiger partial charge is 0.229 e. The Balaban J connectivity index is 1.66. The van der Waals surface area contributed by atoms with Gasteiger partial charge in [-0.05, 0) is 41.8 Å². The highest BCUT2D eigenvalue weighted by atomic mass is 79.9. The van der Waals surface area contributed by atoms with E-state index in [-0.39, 0.29) is 0 Å². The SMILES string of the molecule is Cc1noc(C2CCN(c3cncc(Br)c3)CC2)n1. The average molecular weight is 323 g/mol. The van der Waals surface area contributed by atoms with Crippen molar-refractivity contribution in [3.63, 3.8) is 0 Å². The van der Waals surface area contributed by atoms with E-state index in [1.807, 2.05) is 13.1 Å². The van der Waals surface area contributed by atoms with Gasteiger partial charge in [-0.3, -0.25) is 4.98 Å². The van der Waals surface area contributed by atoms with Gasteiger partial charge in [0.1, 0.15) is 0 Å². The van der Waals surface area contributed by atoms with E-state index in [1.54, 1.807) is 6.20 Å². The van der Waals surface area contributed by atoms with Crippen LogP contribution in [0.5, 0.6) is 0 Å². The number of aromatic nitrogens is 3. The standard InChI is InChI=1S/C13H15BrN4O/c1-9-16-13(19-17-9)10-2-4-18(5-3-10)12-6-11(14)7-15-8-12/h6-8,10H,2-5H2,1H3. The molecule has 0 saturated carbocycles. The van der Waals surface area contributed by atoms with E-state index < -0.39 is 0 Å². The van der Waals surface area contributed by atoms with Gasteiger partial charge in [0, 0.05) is 29.7 Å². The summed E-state index contributed by atoms with van der Waals surface area (Å²) >= 11 is 3.46. The lowest BCUT2D eigenvalue weighted by Gasteiger charge is -2.31. The molecule has 1 saturated heterocycles. The third-order valence-electron chi connectivity index (χ3n) is 3.44. The van der Waals surface area contributed by atoms with Gasteiger partial charge < -0.3 is 9.42 Å². The van der Waals surface area contributed by atoms with Gasteiger partial charge in [0.05, 0.1) is 11.9 Å². The second-order valence-corrected chi connectivity index (χ2v) is 5.72. The number of anilines is 1. The van der Waals surface area contributed by atoms with E-state index in [9.17, 15) is 0 Å². The highest BCUT2D eigenvalue weighted by molar-refractivity contribution is 9.10. The van der Waals surface area contributed by atoms with Crippen LogP contribution in [0.25, 0.3) is 0 Å². The van der Waals surface area contributed by atoms with Crippen LogP contribution >= 0.6 is 15.9 Å². The Morgan fingerprint density at radius 3 is 2.74 bits per heavy atom. The second-order valence-electron chi connectivity index (χ2n) is 4.80. The van der Waals surface area contributed by atoms with Gasteiger partial charge in [0.2, 0.25) is 5.89 Å². The zero-order valence-corrected chi connectivity index (χ0v) is 12.3. The maximum atomic E-state index is 5.26. The zero-order chi connectivity index (χ0) is 13.2. The minimum atomic E-state index is 0.387. The molecule has 0 unspecified atom stereocenters. The Morgan fingerprint density at radius 2 is 2.11 bits per heavy atom. The third kappa shape index (κ3) is 2.78. The molecule has 0 N–H and O–H groups in total. The van der Waals surface area contributed by atoms with E-state index in [0.29, 0.717) is 11.7 Å². The summed E-state index contributed by atoms with van der Waals surface area (Å²) in [6.07, 6.45) is 5.78. The fourth-order valence-corrected chi connectivity index (χ4v) is 2.79. The van der Waals surface area contributed by atoms with Crippen LogP contribution in [0.2, 0.25) is 0 Å². The molecule has 1 fully saturated rings. The van der Waals surface area contributed by atoms with Gasteiger partial charge >= 0.3 is 0 Å². The van der Waals surface area contributed by atoms with Crippen LogP contribution in [0.4, 0.5) is 5.69 Å². The Labute approximate surface area is 120 Å². The minimum Gasteiger partial charge on any atom is -0.370 e. The van der Waals surface area contributed by atoms with Crippen LogP contribution in [-0.4, -0.2) is 28.2 Å². The van der Waals surface area contributed by atoms with Crippen molar-refractivity contribution in [2.24, 2.45) is 0 Å². The van der Waals surface area contributed by atoms with Crippen molar-refractivity contribution in [2.75, 3.05) is 18.0 Å². The second kappa shape index (κ2) is 5.28. The lowest BCUT2D eigenvalue weighted by Crippen LogP contribution is -2.33. The van der Waals surface area contributed by atoms with E-state index >= 15 is 0 Å². The number of aryl methyl sites for hydroxylation is 1. The van der Waals surface area contributed by atoms with Gasteiger partial charge in [0.25, 0.3) is 0 Å². The quantitative estimate of drug-likeness (QED) is 0.850. The number of pyridine rings is 1. The van der Waals surface area contributed by atoms with Gasteiger partial charge in [-0.2, -0.15) is 4.98 Å². The highest BCUT2D eigenvalue weighted by Crippen LogP contribution is 2.29. The molecular formula is C13H15BrN4O. The molecular weight excluding hydrogens is 308 g/mol. The Kier molecular flexibility index (Phi) is 3.50. The maximum Gasteiger partial charge on any atom is 0.229 e. The fraction of sp³-hybridized carbons (Fsp3) is 0.462. The lowest BCUT2D eigenvalue weighted by atomic mass is 9.96. The first-order valence-corrected chi connectivity index (χ1v) is 7.17. The van der Waals surface area contributed by atoms with E-state index in [0.717, 1.165) is 42.0 Å². The molecule has 2 aromatic heterocycles. The van der Waals surface area contributed by atoms with Crippen LogP contribution in [0, 0.1) is 6.92 Å². The summed E-state index contributed by atoms with van der Waals surface area (Å²) in [5.41, 5.74) is 1.16. The first-order valence-electron chi connectivity index (χ1n) is 6.38. The number of piperidine rings is 1.